The maximum Gasteiger partial charge on any atom is 0.0546 e. The van der Waals surface area contributed by atoms with E-state index < -0.39 is 0 Å². The second-order valence-corrected chi connectivity index (χ2v) is 16.8. The molecular weight excluding hydrogens is 767 g/mol. The molecule has 62 heavy (non-hydrogen) atoms. The minimum Gasteiger partial charge on any atom is -0.310 e. The van der Waals surface area contributed by atoms with Crippen molar-refractivity contribution in [1.29, 1.82) is 0 Å². The lowest BCUT2D eigenvalue weighted by molar-refractivity contribution is 1.28. The highest BCUT2D eigenvalue weighted by molar-refractivity contribution is 7.25. The Hall–Kier alpha value is -7.78. The van der Waals surface area contributed by atoms with Gasteiger partial charge in [0.1, 0.15) is 0 Å². The van der Waals surface area contributed by atoms with E-state index in [1.807, 2.05) is 11.3 Å². The van der Waals surface area contributed by atoms with Crippen LogP contribution in [0, 0.1) is 0 Å². The largest absolute Gasteiger partial charge is 0.310 e. The highest BCUT2D eigenvalue weighted by Gasteiger charge is 2.22. The highest BCUT2D eigenvalue weighted by atomic mass is 32.1. The smallest absolute Gasteiger partial charge is 0.0546 e. The van der Waals surface area contributed by atoms with E-state index in [-0.39, 0.29) is 0 Å². The van der Waals surface area contributed by atoms with Crippen LogP contribution in [0.5, 0.6) is 0 Å². The fourth-order valence-corrected chi connectivity index (χ4v) is 9.99. The van der Waals surface area contributed by atoms with E-state index in [2.05, 4.69) is 254 Å². The Bertz CT molecular complexity index is 3260. The molecular formula is C60H41NS. The summed E-state index contributed by atoms with van der Waals surface area (Å²) in [6.07, 6.45) is 0. The van der Waals surface area contributed by atoms with Crippen molar-refractivity contribution in [3.63, 3.8) is 0 Å². The van der Waals surface area contributed by atoms with E-state index in [1.165, 1.54) is 81.4 Å². The molecule has 1 heterocycles. The molecule has 0 bridgehead atoms. The number of benzene rings is 10. The minimum atomic E-state index is 1.08. The van der Waals surface area contributed by atoms with Crippen molar-refractivity contribution in [2.24, 2.45) is 0 Å². The summed E-state index contributed by atoms with van der Waals surface area (Å²) < 4.78 is 2.59. The SMILES string of the molecule is c1ccc(-c2cc(-c3ccccc3)cc(-c3ccc(N(c4cccc(-c5ccccc5)c4)c4cccc(-c5ccccc5)c4-c4ccc5c(c4)sc4ccccc45)cc3)c2)cc1. The Kier molecular flexibility index (Phi) is 9.82. The Morgan fingerprint density at radius 2 is 0.742 bits per heavy atom. The average molecular weight is 808 g/mol. The Balaban J connectivity index is 1.11. The maximum atomic E-state index is 2.45. The Morgan fingerprint density at radius 1 is 0.258 bits per heavy atom. The second kappa shape index (κ2) is 16.3. The monoisotopic (exact) mass is 807 g/mol. The van der Waals surface area contributed by atoms with Crippen LogP contribution in [0.15, 0.2) is 249 Å². The van der Waals surface area contributed by atoms with E-state index in [0.29, 0.717) is 0 Å². The minimum absolute atomic E-state index is 1.08. The first-order valence-corrected chi connectivity index (χ1v) is 22.0. The molecule has 1 nitrogen and oxygen atoms in total. The number of hydrogen-bond donors (Lipinski definition) is 0. The first-order chi connectivity index (χ1) is 30.7. The zero-order chi connectivity index (χ0) is 41.2. The van der Waals surface area contributed by atoms with Crippen molar-refractivity contribution in [3.05, 3.63) is 249 Å². The zero-order valence-electron chi connectivity index (χ0n) is 34.0. The van der Waals surface area contributed by atoms with Gasteiger partial charge in [-0.25, -0.2) is 0 Å². The van der Waals surface area contributed by atoms with Gasteiger partial charge >= 0.3 is 0 Å². The quantitative estimate of drug-likeness (QED) is 0.140. The van der Waals surface area contributed by atoms with Gasteiger partial charge in [0.25, 0.3) is 0 Å². The first-order valence-electron chi connectivity index (χ1n) is 21.2. The number of fused-ring (bicyclic) bond motifs is 3. The number of hydrogen-bond acceptors (Lipinski definition) is 2. The van der Waals surface area contributed by atoms with Crippen LogP contribution in [0.2, 0.25) is 0 Å². The van der Waals surface area contributed by atoms with E-state index in [4.69, 9.17) is 0 Å². The summed E-state index contributed by atoms with van der Waals surface area (Å²) in [6.45, 7) is 0. The molecule has 292 valence electrons. The first kappa shape index (κ1) is 37.2. The number of thiophene rings is 1. The lowest BCUT2D eigenvalue weighted by Crippen LogP contribution is -2.12. The summed E-state index contributed by atoms with van der Waals surface area (Å²) in [4.78, 5) is 2.45. The Morgan fingerprint density at radius 3 is 1.37 bits per heavy atom. The topological polar surface area (TPSA) is 3.24 Å². The molecule has 0 radical (unpaired) electrons. The number of rotatable bonds is 9. The molecule has 0 saturated carbocycles. The highest BCUT2D eigenvalue weighted by Crippen LogP contribution is 2.48. The van der Waals surface area contributed by atoms with Gasteiger partial charge in [-0.05, 0) is 122 Å². The van der Waals surface area contributed by atoms with Crippen LogP contribution in [0.25, 0.3) is 86.9 Å². The molecule has 0 aliphatic rings. The summed E-state index contributed by atoms with van der Waals surface area (Å²) in [5.74, 6) is 0. The molecule has 0 amide bonds. The van der Waals surface area contributed by atoms with Gasteiger partial charge in [0.05, 0.1) is 5.69 Å². The molecule has 0 spiro atoms. The lowest BCUT2D eigenvalue weighted by Gasteiger charge is -2.30. The maximum absolute atomic E-state index is 2.45. The molecule has 0 atom stereocenters. The van der Waals surface area contributed by atoms with Crippen molar-refractivity contribution < 1.29 is 0 Å². The van der Waals surface area contributed by atoms with E-state index in [1.54, 1.807) is 0 Å². The van der Waals surface area contributed by atoms with E-state index in [9.17, 15) is 0 Å². The summed E-state index contributed by atoms with van der Waals surface area (Å²) in [5, 5.41) is 2.60. The van der Waals surface area contributed by atoms with Crippen molar-refractivity contribution in [2.45, 2.75) is 0 Å². The Labute approximate surface area is 367 Å². The van der Waals surface area contributed by atoms with E-state index in [0.717, 1.165) is 22.6 Å². The fourth-order valence-electron chi connectivity index (χ4n) is 8.84. The van der Waals surface area contributed by atoms with Crippen molar-refractivity contribution in [3.8, 4) is 66.8 Å². The number of anilines is 3. The average Bonchev–Trinajstić information content (AvgIpc) is 3.73. The zero-order valence-corrected chi connectivity index (χ0v) is 34.8. The van der Waals surface area contributed by atoms with Gasteiger partial charge in [0, 0.05) is 37.1 Å². The van der Waals surface area contributed by atoms with Gasteiger partial charge in [-0.2, -0.15) is 0 Å². The fraction of sp³-hybridized carbons (Fsp3) is 0. The molecule has 0 saturated heterocycles. The normalized spacial score (nSPS) is 11.2. The standard InChI is InChI=1S/C60H41NS/c1-5-17-42(18-6-1)47-25-15-26-53(40-47)61(52-34-31-45(32-35-52)51-38-49(43-19-7-2-8-20-43)37-50(39-51)44-21-9-3-10-22-44)57-29-16-28-54(46-23-11-4-12-24-46)60(57)48-33-36-56-55-27-13-14-30-58(55)62-59(56)41-48/h1-41H. The third-order valence-electron chi connectivity index (χ3n) is 11.9. The predicted molar refractivity (Wildman–Crippen MR) is 267 cm³/mol. The summed E-state index contributed by atoms with van der Waals surface area (Å²) >= 11 is 1.86. The van der Waals surface area contributed by atoms with Crippen molar-refractivity contribution in [2.75, 3.05) is 4.90 Å². The van der Waals surface area contributed by atoms with Crippen molar-refractivity contribution >= 4 is 48.6 Å². The molecule has 10 aromatic carbocycles. The summed E-state index contributed by atoms with van der Waals surface area (Å²) in [6, 6.07) is 90.5. The second-order valence-electron chi connectivity index (χ2n) is 15.7. The molecule has 0 aliphatic heterocycles. The van der Waals surface area contributed by atoms with Gasteiger partial charge in [0.15, 0.2) is 0 Å². The van der Waals surface area contributed by atoms with Gasteiger partial charge in [-0.3, -0.25) is 0 Å². The third-order valence-corrected chi connectivity index (χ3v) is 13.0. The van der Waals surface area contributed by atoms with Crippen LogP contribution in [-0.2, 0) is 0 Å². The molecule has 0 fully saturated rings. The lowest BCUT2D eigenvalue weighted by atomic mass is 9.91. The summed E-state index contributed by atoms with van der Waals surface area (Å²) in [5.41, 5.74) is 17.5. The predicted octanol–water partition coefficient (Wildman–Crippen LogP) is 17.5. The molecule has 0 N–H and O–H groups in total. The molecule has 0 aliphatic carbocycles. The molecule has 0 unspecified atom stereocenters. The van der Waals surface area contributed by atoms with E-state index >= 15 is 0 Å². The van der Waals surface area contributed by atoms with Gasteiger partial charge in [0.2, 0.25) is 0 Å². The third kappa shape index (κ3) is 7.17. The molecule has 11 aromatic rings. The van der Waals surface area contributed by atoms with Crippen molar-refractivity contribution in [1.82, 2.24) is 0 Å². The summed E-state index contributed by atoms with van der Waals surface area (Å²) in [7, 11) is 0. The number of nitrogens with zero attached hydrogens (tertiary/aromatic N) is 1. The molecule has 2 heteroatoms. The van der Waals surface area contributed by atoms with Crippen LogP contribution in [0.3, 0.4) is 0 Å². The molecule has 1 aromatic heterocycles. The van der Waals surface area contributed by atoms with Gasteiger partial charge < -0.3 is 4.90 Å². The van der Waals surface area contributed by atoms with Gasteiger partial charge in [-0.15, -0.1) is 11.3 Å². The van der Waals surface area contributed by atoms with Gasteiger partial charge in [-0.1, -0.05) is 188 Å². The van der Waals surface area contributed by atoms with Crippen LogP contribution >= 0.6 is 11.3 Å². The molecule has 11 rings (SSSR count). The van der Waals surface area contributed by atoms with Crippen LogP contribution in [-0.4, -0.2) is 0 Å². The van der Waals surface area contributed by atoms with Crippen LogP contribution in [0.4, 0.5) is 17.1 Å². The van der Waals surface area contributed by atoms with Crippen LogP contribution < -0.4 is 4.90 Å². The van der Waals surface area contributed by atoms with Crippen LogP contribution in [0.1, 0.15) is 0 Å².